The second kappa shape index (κ2) is 6.90. The van der Waals surface area contributed by atoms with Crippen LogP contribution >= 0.6 is 0 Å². The molecule has 3 aromatic rings. The van der Waals surface area contributed by atoms with Crippen molar-refractivity contribution in [3.05, 3.63) is 59.4 Å². The SMILES string of the molecule is CCc1nc(C(=O)N2CCC(c3ccnc4ccccc34)CC2)c(C)o1. The van der Waals surface area contributed by atoms with Gasteiger partial charge in [-0.3, -0.25) is 9.78 Å². The fourth-order valence-electron chi connectivity index (χ4n) is 3.82. The van der Waals surface area contributed by atoms with Crippen molar-refractivity contribution in [2.24, 2.45) is 0 Å². The number of aryl methyl sites for hydroxylation is 2. The van der Waals surface area contributed by atoms with Gasteiger partial charge < -0.3 is 9.32 Å². The molecule has 0 unspecified atom stereocenters. The number of piperidine rings is 1. The maximum absolute atomic E-state index is 12.8. The first-order chi connectivity index (χ1) is 12.7. The molecule has 134 valence electrons. The van der Waals surface area contributed by atoms with Gasteiger partial charge >= 0.3 is 0 Å². The van der Waals surface area contributed by atoms with Gasteiger partial charge in [0.1, 0.15) is 5.76 Å². The maximum atomic E-state index is 12.8. The molecule has 1 fully saturated rings. The van der Waals surface area contributed by atoms with Crippen molar-refractivity contribution in [2.45, 2.75) is 39.0 Å². The first kappa shape index (κ1) is 16.8. The van der Waals surface area contributed by atoms with Crippen molar-refractivity contribution in [1.82, 2.24) is 14.9 Å². The quantitative estimate of drug-likeness (QED) is 0.714. The number of hydrogen-bond donors (Lipinski definition) is 0. The van der Waals surface area contributed by atoms with Gasteiger partial charge in [-0.15, -0.1) is 0 Å². The van der Waals surface area contributed by atoms with Gasteiger partial charge in [0.05, 0.1) is 5.52 Å². The Morgan fingerprint density at radius 3 is 2.73 bits per heavy atom. The molecule has 1 saturated heterocycles. The fraction of sp³-hybridized carbons (Fsp3) is 0.381. The van der Waals surface area contributed by atoms with Crippen molar-refractivity contribution in [3.8, 4) is 0 Å². The summed E-state index contributed by atoms with van der Waals surface area (Å²) in [6.45, 7) is 5.28. The second-order valence-electron chi connectivity index (χ2n) is 6.85. The number of benzene rings is 1. The highest BCUT2D eigenvalue weighted by Crippen LogP contribution is 2.32. The minimum Gasteiger partial charge on any atom is -0.445 e. The molecular formula is C21H23N3O2. The van der Waals surface area contributed by atoms with Crippen molar-refractivity contribution in [1.29, 1.82) is 0 Å². The number of amides is 1. The van der Waals surface area contributed by atoms with Crippen LogP contribution in [0.2, 0.25) is 0 Å². The highest BCUT2D eigenvalue weighted by Gasteiger charge is 2.28. The molecule has 0 spiro atoms. The minimum absolute atomic E-state index is 0.0102. The number of aromatic nitrogens is 2. The molecule has 1 aliphatic rings. The number of oxazole rings is 1. The average Bonchev–Trinajstić information content (AvgIpc) is 3.08. The minimum atomic E-state index is -0.0102. The molecule has 2 aromatic heterocycles. The number of rotatable bonds is 3. The number of para-hydroxylation sites is 1. The van der Waals surface area contributed by atoms with Crippen molar-refractivity contribution >= 4 is 16.8 Å². The van der Waals surface area contributed by atoms with Crippen LogP contribution in [0.15, 0.2) is 40.9 Å². The Balaban J connectivity index is 1.50. The molecule has 5 heteroatoms. The summed E-state index contributed by atoms with van der Waals surface area (Å²) in [5, 5.41) is 1.22. The molecule has 3 heterocycles. The zero-order chi connectivity index (χ0) is 18.1. The van der Waals surface area contributed by atoms with Gasteiger partial charge in [0.15, 0.2) is 11.6 Å². The molecule has 0 atom stereocenters. The average molecular weight is 349 g/mol. The van der Waals surface area contributed by atoms with Gasteiger partial charge in [0.2, 0.25) is 0 Å². The highest BCUT2D eigenvalue weighted by atomic mass is 16.4. The number of carbonyl (C=O) groups excluding carboxylic acids is 1. The van der Waals surface area contributed by atoms with Gasteiger partial charge in [-0.25, -0.2) is 4.98 Å². The van der Waals surface area contributed by atoms with Crippen LogP contribution in [0.3, 0.4) is 0 Å². The monoisotopic (exact) mass is 349 g/mol. The van der Waals surface area contributed by atoms with E-state index in [9.17, 15) is 4.79 Å². The molecule has 4 rings (SSSR count). The van der Waals surface area contributed by atoms with Crippen LogP contribution in [0.5, 0.6) is 0 Å². The van der Waals surface area contributed by atoms with Gasteiger partial charge in [-0.2, -0.15) is 0 Å². The molecule has 0 bridgehead atoms. The number of nitrogens with zero attached hydrogens (tertiary/aromatic N) is 3. The Bertz CT molecular complexity index is 934. The van der Waals surface area contributed by atoms with E-state index in [1.807, 2.05) is 31.0 Å². The summed E-state index contributed by atoms with van der Waals surface area (Å²) < 4.78 is 5.55. The Labute approximate surface area is 153 Å². The molecule has 0 N–H and O–H groups in total. The maximum Gasteiger partial charge on any atom is 0.276 e. The molecular weight excluding hydrogens is 326 g/mol. The van der Waals surface area contributed by atoms with Crippen LogP contribution in [0.25, 0.3) is 10.9 Å². The number of pyridine rings is 1. The number of fused-ring (bicyclic) bond motifs is 1. The van der Waals surface area contributed by atoms with Crippen molar-refractivity contribution < 1.29 is 9.21 Å². The van der Waals surface area contributed by atoms with Gasteiger partial charge in [-0.05, 0) is 43.4 Å². The molecule has 5 nitrogen and oxygen atoms in total. The van der Waals surface area contributed by atoms with E-state index in [4.69, 9.17) is 4.42 Å². The van der Waals surface area contributed by atoms with E-state index in [0.717, 1.165) is 31.4 Å². The standard InChI is InChI=1S/C21H23N3O2/c1-3-19-23-20(14(2)26-19)21(25)24-12-9-15(10-13-24)16-8-11-22-18-7-5-4-6-17(16)18/h4-8,11,15H,3,9-10,12-13H2,1-2H3. The molecule has 0 saturated carbocycles. The molecule has 0 radical (unpaired) electrons. The van der Waals surface area contributed by atoms with Gasteiger partial charge in [0, 0.05) is 31.1 Å². The van der Waals surface area contributed by atoms with E-state index in [0.29, 0.717) is 29.7 Å². The predicted molar refractivity (Wildman–Crippen MR) is 100 cm³/mol. The third-order valence-electron chi connectivity index (χ3n) is 5.25. The highest BCUT2D eigenvalue weighted by molar-refractivity contribution is 5.93. The third-order valence-corrected chi connectivity index (χ3v) is 5.25. The zero-order valence-electron chi connectivity index (χ0n) is 15.2. The molecule has 26 heavy (non-hydrogen) atoms. The summed E-state index contributed by atoms with van der Waals surface area (Å²) in [5.74, 6) is 1.69. The lowest BCUT2D eigenvalue weighted by Gasteiger charge is -2.32. The topological polar surface area (TPSA) is 59.2 Å². The van der Waals surface area contributed by atoms with Crippen LogP contribution in [-0.2, 0) is 6.42 Å². The van der Waals surface area contributed by atoms with E-state index in [2.05, 4.69) is 34.2 Å². The Morgan fingerprint density at radius 1 is 1.23 bits per heavy atom. The van der Waals surface area contributed by atoms with E-state index < -0.39 is 0 Å². The Morgan fingerprint density at radius 2 is 2.00 bits per heavy atom. The third kappa shape index (κ3) is 2.98. The van der Waals surface area contributed by atoms with Crippen molar-refractivity contribution in [3.63, 3.8) is 0 Å². The first-order valence-corrected chi connectivity index (χ1v) is 9.26. The van der Waals surface area contributed by atoms with Crippen LogP contribution in [0.4, 0.5) is 0 Å². The Kier molecular flexibility index (Phi) is 4.45. The van der Waals surface area contributed by atoms with Crippen LogP contribution in [0, 0.1) is 6.92 Å². The van der Waals surface area contributed by atoms with Crippen LogP contribution in [0.1, 0.15) is 53.4 Å². The Hall–Kier alpha value is -2.69. The molecule has 1 amide bonds. The van der Waals surface area contributed by atoms with E-state index in [-0.39, 0.29) is 5.91 Å². The normalized spacial score (nSPS) is 15.5. The van der Waals surface area contributed by atoms with Crippen LogP contribution in [-0.4, -0.2) is 33.9 Å². The lowest BCUT2D eigenvalue weighted by Crippen LogP contribution is -2.38. The van der Waals surface area contributed by atoms with Crippen molar-refractivity contribution in [2.75, 3.05) is 13.1 Å². The van der Waals surface area contributed by atoms with Gasteiger partial charge in [0.25, 0.3) is 5.91 Å². The van der Waals surface area contributed by atoms with Gasteiger partial charge in [-0.1, -0.05) is 25.1 Å². The second-order valence-corrected chi connectivity index (χ2v) is 6.85. The summed E-state index contributed by atoms with van der Waals surface area (Å²) >= 11 is 0. The summed E-state index contributed by atoms with van der Waals surface area (Å²) in [5.41, 5.74) is 2.84. The van der Waals surface area contributed by atoms with Crippen LogP contribution < -0.4 is 0 Å². The largest absolute Gasteiger partial charge is 0.445 e. The van der Waals surface area contributed by atoms with E-state index in [1.165, 1.54) is 10.9 Å². The zero-order valence-corrected chi connectivity index (χ0v) is 15.2. The first-order valence-electron chi connectivity index (χ1n) is 9.26. The molecule has 1 aliphatic heterocycles. The lowest BCUT2D eigenvalue weighted by molar-refractivity contribution is 0.0706. The lowest BCUT2D eigenvalue weighted by atomic mass is 9.87. The number of likely N-dealkylation sites (tertiary alicyclic amines) is 1. The fourth-order valence-corrected chi connectivity index (χ4v) is 3.82. The molecule has 1 aromatic carbocycles. The summed E-state index contributed by atoms with van der Waals surface area (Å²) in [6, 6.07) is 10.4. The van der Waals surface area contributed by atoms with E-state index >= 15 is 0 Å². The number of carbonyl (C=O) groups is 1. The summed E-state index contributed by atoms with van der Waals surface area (Å²) in [6.07, 6.45) is 4.50. The molecule has 0 aliphatic carbocycles. The predicted octanol–water partition coefficient (Wildman–Crippen LogP) is 4.11. The number of hydrogen-bond acceptors (Lipinski definition) is 4. The summed E-state index contributed by atoms with van der Waals surface area (Å²) in [7, 11) is 0. The van der Waals surface area contributed by atoms with E-state index in [1.54, 1.807) is 0 Å². The summed E-state index contributed by atoms with van der Waals surface area (Å²) in [4.78, 5) is 23.5. The smallest absolute Gasteiger partial charge is 0.276 e.